The number of nitrogens with one attached hydrogen (secondary N) is 1. The third-order valence-electron chi connectivity index (χ3n) is 2.77. The Balaban J connectivity index is 2.57. The zero-order valence-corrected chi connectivity index (χ0v) is 12.4. The smallest absolute Gasteiger partial charge is 0.136 e. The van der Waals surface area contributed by atoms with Crippen LogP contribution in [0.15, 0.2) is 30.3 Å². The first-order valence-electron chi connectivity index (χ1n) is 6.23. The standard InChI is InChI=1S/C15H18ClN3/c1-15(2,3)14-18-12(9-13(17-4)19-14)10-6-5-7-11(16)8-10/h5-9H,1-4H3,(H,17,18,19). The van der Waals surface area contributed by atoms with Crippen molar-refractivity contribution in [2.75, 3.05) is 12.4 Å². The molecular weight excluding hydrogens is 258 g/mol. The van der Waals surface area contributed by atoms with E-state index in [1.165, 1.54) is 0 Å². The summed E-state index contributed by atoms with van der Waals surface area (Å²) in [5.74, 6) is 1.63. The van der Waals surface area contributed by atoms with Gasteiger partial charge in [-0.3, -0.25) is 0 Å². The summed E-state index contributed by atoms with van der Waals surface area (Å²) in [6.07, 6.45) is 0. The topological polar surface area (TPSA) is 37.8 Å². The van der Waals surface area contributed by atoms with Gasteiger partial charge in [0.05, 0.1) is 5.69 Å². The Morgan fingerprint density at radius 1 is 1.11 bits per heavy atom. The van der Waals surface area contributed by atoms with Gasteiger partial charge in [-0.1, -0.05) is 44.5 Å². The quantitative estimate of drug-likeness (QED) is 0.895. The highest BCUT2D eigenvalue weighted by atomic mass is 35.5. The first-order chi connectivity index (χ1) is 8.90. The molecule has 19 heavy (non-hydrogen) atoms. The first kappa shape index (κ1) is 13.8. The molecule has 2 aromatic rings. The van der Waals surface area contributed by atoms with E-state index in [-0.39, 0.29) is 5.41 Å². The minimum atomic E-state index is -0.0970. The molecule has 0 amide bonds. The zero-order valence-electron chi connectivity index (χ0n) is 11.7. The lowest BCUT2D eigenvalue weighted by Crippen LogP contribution is -2.17. The van der Waals surface area contributed by atoms with Crippen molar-refractivity contribution < 1.29 is 0 Å². The van der Waals surface area contributed by atoms with E-state index in [0.29, 0.717) is 5.02 Å². The Labute approximate surface area is 119 Å². The van der Waals surface area contributed by atoms with Gasteiger partial charge in [-0.15, -0.1) is 0 Å². The average Bonchev–Trinajstić information content (AvgIpc) is 2.37. The number of nitrogens with zero attached hydrogens (tertiary/aromatic N) is 2. The Morgan fingerprint density at radius 2 is 1.84 bits per heavy atom. The molecule has 1 aromatic carbocycles. The van der Waals surface area contributed by atoms with E-state index in [0.717, 1.165) is 22.9 Å². The van der Waals surface area contributed by atoms with Crippen LogP contribution in [0.4, 0.5) is 5.82 Å². The van der Waals surface area contributed by atoms with Crippen molar-refractivity contribution in [2.24, 2.45) is 0 Å². The lowest BCUT2D eigenvalue weighted by molar-refractivity contribution is 0.547. The molecule has 4 heteroatoms. The second-order valence-electron chi connectivity index (χ2n) is 5.47. The normalized spacial score (nSPS) is 11.4. The molecule has 0 radical (unpaired) electrons. The summed E-state index contributed by atoms with van der Waals surface area (Å²) in [4.78, 5) is 9.17. The molecular formula is C15H18ClN3. The monoisotopic (exact) mass is 275 g/mol. The zero-order chi connectivity index (χ0) is 14.0. The molecule has 3 nitrogen and oxygen atoms in total. The SMILES string of the molecule is CNc1cc(-c2cccc(Cl)c2)nc(C(C)(C)C)n1. The molecule has 0 spiro atoms. The van der Waals surface area contributed by atoms with E-state index in [2.05, 4.69) is 36.1 Å². The summed E-state index contributed by atoms with van der Waals surface area (Å²) in [6, 6.07) is 9.63. The van der Waals surface area contributed by atoms with Crippen LogP contribution in [0.1, 0.15) is 26.6 Å². The van der Waals surface area contributed by atoms with E-state index in [1.807, 2.05) is 37.4 Å². The number of aromatic nitrogens is 2. The Hall–Kier alpha value is -1.61. The van der Waals surface area contributed by atoms with Crippen LogP contribution in [-0.2, 0) is 5.41 Å². The van der Waals surface area contributed by atoms with Crippen molar-refractivity contribution >= 4 is 17.4 Å². The Morgan fingerprint density at radius 3 is 2.42 bits per heavy atom. The van der Waals surface area contributed by atoms with Crippen LogP contribution in [0.5, 0.6) is 0 Å². The van der Waals surface area contributed by atoms with Crippen LogP contribution in [0.2, 0.25) is 5.02 Å². The molecule has 2 rings (SSSR count). The lowest BCUT2D eigenvalue weighted by Gasteiger charge is -2.18. The third kappa shape index (κ3) is 3.24. The van der Waals surface area contributed by atoms with Gasteiger partial charge in [0.25, 0.3) is 0 Å². The number of hydrogen-bond donors (Lipinski definition) is 1. The minimum absolute atomic E-state index is 0.0970. The Kier molecular flexibility index (Phi) is 3.76. The van der Waals surface area contributed by atoms with Crippen LogP contribution in [0.3, 0.4) is 0 Å². The van der Waals surface area contributed by atoms with Gasteiger partial charge in [-0.2, -0.15) is 0 Å². The van der Waals surface area contributed by atoms with E-state index in [1.54, 1.807) is 0 Å². The van der Waals surface area contributed by atoms with Crippen LogP contribution >= 0.6 is 11.6 Å². The van der Waals surface area contributed by atoms with Crippen molar-refractivity contribution in [1.82, 2.24) is 9.97 Å². The molecule has 0 saturated heterocycles. The van der Waals surface area contributed by atoms with Crippen molar-refractivity contribution in [1.29, 1.82) is 0 Å². The molecule has 0 fully saturated rings. The van der Waals surface area contributed by atoms with E-state index >= 15 is 0 Å². The molecule has 100 valence electrons. The molecule has 0 saturated carbocycles. The molecule has 1 aromatic heterocycles. The highest BCUT2D eigenvalue weighted by molar-refractivity contribution is 6.30. The molecule has 1 heterocycles. The maximum absolute atomic E-state index is 6.04. The second-order valence-corrected chi connectivity index (χ2v) is 5.91. The van der Waals surface area contributed by atoms with Gasteiger partial charge >= 0.3 is 0 Å². The maximum Gasteiger partial charge on any atom is 0.136 e. The van der Waals surface area contributed by atoms with Crippen LogP contribution in [-0.4, -0.2) is 17.0 Å². The minimum Gasteiger partial charge on any atom is -0.373 e. The van der Waals surface area contributed by atoms with Crippen LogP contribution in [0, 0.1) is 0 Å². The van der Waals surface area contributed by atoms with E-state index < -0.39 is 0 Å². The van der Waals surface area contributed by atoms with Gasteiger partial charge in [0.2, 0.25) is 0 Å². The Bertz CT molecular complexity index is 588. The molecule has 0 atom stereocenters. The third-order valence-corrected chi connectivity index (χ3v) is 3.01. The van der Waals surface area contributed by atoms with Crippen molar-refractivity contribution in [3.05, 3.63) is 41.2 Å². The van der Waals surface area contributed by atoms with Crippen LogP contribution in [0.25, 0.3) is 11.3 Å². The number of halogens is 1. The predicted octanol–water partition coefficient (Wildman–Crippen LogP) is 4.14. The van der Waals surface area contributed by atoms with Gasteiger partial charge in [0.15, 0.2) is 0 Å². The van der Waals surface area contributed by atoms with Gasteiger partial charge in [-0.25, -0.2) is 9.97 Å². The van der Waals surface area contributed by atoms with Crippen molar-refractivity contribution in [3.8, 4) is 11.3 Å². The summed E-state index contributed by atoms with van der Waals surface area (Å²) in [6.45, 7) is 6.30. The van der Waals surface area contributed by atoms with Crippen molar-refractivity contribution in [2.45, 2.75) is 26.2 Å². The average molecular weight is 276 g/mol. The summed E-state index contributed by atoms with van der Waals surface area (Å²) < 4.78 is 0. The fourth-order valence-corrected chi connectivity index (χ4v) is 1.90. The van der Waals surface area contributed by atoms with E-state index in [4.69, 9.17) is 11.6 Å². The van der Waals surface area contributed by atoms with Gasteiger partial charge in [0.1, 0.15) is 11.6 Å². The number of hydrogen-bond acceptors (Lipinski definition) is 3. The molecule has 0 bridgehead atoms. The largest absolute Gasteiger partial charge is 0.373 e. The van der Waals surface area contributed by atoms with Crippen LogP contribution < -0.4 is 5.32 Å². The van der Waals surface area contributed by atoms with Crippen molar-refractivity contribution in [3.63, 3.8) is 0 Å². The molecule has 0 aliphatic carbocycles. The first-order valence-corrected chi connectivity index (χ1v) is 6.61. The molecule has 1 N–H and O–H groups in total. The van der Waals surface area contributed by atoms with Gasteiger partial charge in [-0.05, 0) is 12.1 Å². The second kappa shape index (κ2) is 5.17. The summed E-state index contributed by atoms with van der Waals surface area (Å²) in [5.41, 5.74) is 1.78. The maximum atomic E-state index is 6.04. The predicted molar refractivity (Wildman–Crippen MR) is 80.7 cm³/mol. The summed E-state index contributed by atoms with van der Waals surface area (Å²) >= 11 is 6.04. The highest BCUT2D eigenvalue weighted by Gasteiger charge is 2.19. The highest BCUT2D eigenvalue weighted by Crippen LogP contribution is 2.26. The fourth-order valence-electron chi connectivity index (χ4n) is 1.71. The number of benzene rings is 1. The van der Waals surface area contributed by atoms with E-state index in [9.17, 15) is 0 Å². The molecule has 0 unspecified atom stereocenters. The lowest BCUT2D eigenvalue weighted by atomic mass is 9.95. The molecule has 0 aliphatic rings. The molecule has 0 aliphatic heterocycles. The number of anilines is 1. The van der Waals surface area contributed by atoms with Gasteiger partial charge in [0, 0.05) is 29.1 Å². The van der Waals surface area contributed by atoms with Gasteiger partial charge < -0.3 is 5.32 Å². The fraction of sp³-hybridized carbons (Fsp3) is 0.333. The number of rotatable bonds is 2. The summed E-state index contributed by atoms with van der Waals surface area (Å²) in [7, 11) is 1.86. The summed E-state index contributed by atoms with van der Waals surface area (Å²) in [5, 5.41) is 3.79.